The van der Waals surface area contributed by atoms with E-state index in [1.165, 1.54) is 0 Å². The molecule has 1 saturated carbocycles. The Labute approximate surface area is 147 Å². The minimum atomic E-state index is -3.15. The Hall–Kier alpha value is -0.860. The number of ether oxygens (including phenoxy) is 1. The summed E-state index contributed by atoms with van der Waals surface area (Å²) in [6.45, 7) is 9.65. The van der Waals surface area contributed by atoms with E-state index < -0.39 is 10.0 Å². The van der Waals surface area contributed by atoms with Gasteiger partial charge in [0.2, 0.25) is 10.0 Å². The Kier molecular flexibility index (Phi) is 8.45. The van der Waals surface area contributed by atoms with Crippen molar-refractivity contribution >= 4 is 16.0 Å². The molecule has 1 aliphatic rings. The average molecular weight is 363 g/mol. The van der Waals surface area contributed by atoms with E-state index >= 15 is 0 Å². The van der Waals surface area contributed by atoms with Crippen LogP contribution in [0.2, 0.25) is 0 Å². The van der Waals surface area contributed by atoms with Crippen molar-refractivity contribution < 1.29 is 13.2 Å². The van der Waals surface area contributed by atoms with E-state index in [4.69, 9.17) is 4.74 Å². The molecular weight excluding hydrogens is 328 g/mol. The van der Waals surface area contributed by atoms with Crippen LogP contribution in [0.5, 0.6) is 0 Å². The first-order chi connectivity index (χ1) is 11.4. The predicted octanol–water partition coefficient (Wildman–Crippen LogP) is 1.07. The maximum absolute atomic E-state index is 11.4. The van der Waals surface area contributed by atoms with Gasteiger partial charge in [-0.05, 0) is 33.1 Å². The molecule has 1 rings (SSSR count). The molecule has 1 aliphatic carbocycles. The van der Waals surface area contributed by atoms with Crippen LogP contribution < -0.4 is 15.4 Å². The number of hydrogen-bond acceptors (Lipinski definition) is 4. The van der Waals surface area contributed by atoms with Gasteiger partial charge in [-0.25, -0.2) is 13.1 Å². The lowest BCUT2D eigenvalue weighted by molar-refractivity contribution is -0.133. The van der Waals surface area contributed by atoms with Crippen molar-refractivity contribution in [3.8, 4) is 0 Å². The van der Waals surface area contributed by atoms with Crippen LogP contribution in [0.3, 0.4) is 0 Å². The number of guanidine groups is 1. The first-order valence-electron chi connectivity index (χ1n) is 8.95. The molecule has 24 heavy (non-hydrogen) atoms. The molecule has 0 radical (unpaired) electrons. The van der Waals surface area contributed by atoms with Crippen LogP contribution in [0.25, 0.3) is 0 Å². The Morgan fingerprint density at radius 1 is 1.21 bits per heavy atom. The predicted molar refractivity (Wildman–Crippen MR) is 98.8 cm³/mol. The summed E-state index contributed by atoms with van der Waals surface area (Å²) in [5, 5.41) is 6.65. The van der Waals surface area contributed by atoms with Gasteiger partial charge in [0.25, 0.3) is 0 Å². The minimum absolute atomic E-state index is 0.0936. The zero-order valence-electron chi connectivity index (χ0n) is 15.7. The highest BCUT2D eigenvalue weighted by molar-refractivity contribution is 7.89. The van der Waals surface area contributed by atoms with Crippen molar-refractivity contribution in [3.05, 3.63) is 0 Å². The van der Waals surface area contributed by atoms with E-state index in [0.717, 1.165) is 25.9 Å². The fraction of sp³-hybridized carbons (Fsp3) is 0.938. The molecule has 7 nitrogen and oxygen atoms in total. The Morgan fingerprint density at radius 2 is 1.88 bits per heavy atom. The Bertz CT molecular complexity index is 503. The monoisotopic (exact) mass is 362 g/mol. The Balaban J connectivity index is 2.51. The molecule has 2 atom stereocenters. The molecule has 0 aromatic carbocycles. The van der Waals surface area contributed by atoms with Gasteiger partial charge in [0.05, 0.1) is 11.9 Å². The standard InChI is InChI=1S/C16H34N4O3S/c1-6-16(7-2)13(12-14(16)23-8-3)20-15(17-5)18-10-11-19-24(21,22)9-4/h13-14,19H,6-12H2,1-5H3,(H2,17,18,20). The molecule has 3 N–H and O–H groups in total. The number of rotatable bonds is 10. The third kappa shape index (κ3) is 5.07. The molecule has 2 unspecified atom stereocenters. The van der Waals surface area contributed by atoms with Crippen LogP contribution in [0, 0.1) is 5.41 Å². The molecule has 0 spiro atoms. The average Bonchev–Trinajstić information content (AvgIpc) is 2.57. The van der Waals surface area contributed by atoms with Crippen molar-refractivity contribution in [1.82, 2.24) is 15.4 Å². The van der Waals surface area contributed by atoms with Crippen molar-refractivity contribution in [2.75, 3.05) is 32.5 Å². The second-order valence-corrected chi connectivity index (χ2v) is 8.21. The van der Waals surface area contributed by atoms with Crippen LogP contribution in [-0.4, -0.2) is 59.0 Å². The summed E-state index contributed by atoms with van der Waals surface area (Å²) in [4.78, 5) is 4.25. The lowest BCUT2D eigenvalue weighted by Crippen LogP contribution is -2.65. The van der Waals surface area contributed by atoms with E-state index in [1.54, 1.807) is 14.0 Å². The van der Waals surface area contributed by atoms with Crippen molar-refractivity contribution in [2.45, 2.75) is 59.1 Å². The molecule has 0 aliphatic heterocycles. The van der Waals surface area contributed by atoms with Gasteiger partial charge in [-0.2, -0.15) is 0 Å². The molecular formula is C16H34N4O3S. The van der Waals surface area contributed by atoms with Gasteiger partial charge in [-0.3, -0.25) is 4.99 Å². The smallest absolute Gasteiger partial charge is 0.211 e. The molecule has 8 heteroatoms. The number of nitrogens with zero attached hydrogens (tertiary/aromatic N) is 1. The number of aliphatic imine (C=N–C) groups is 1. The van der Waals surface area contributed by atoms with E-state index in [1.807, 2.05) is 6.92 Å². The highest BCUT2D eigenvalue weighted by Gasteiger charge is 2.53. The van der Waals surface area contributed by atoms with E-state index in [2.05, 4.69) is 34.2 Å². The number of hydrogen-bond donors (Lipinski definition) is 3. The molecule has 0 aromatic rings. The fourth-order valence-electron chi connectivity index (χ4n) is 3.43. The third-order valence-electron chi connectivity index (χ3n) is 5.12. The van der Waals surface area contributed by atoms with Crippen LogP contribution >= 0.6 is 0 Å². The zero-order valence-corrected chi connectivity index (χ0v) is 16.5. The van der Waals surface area contributed by atoms with Gasteiger partial charge < -0.3 is 15.4 Å². The second kappa shape index (κ2) is 9.58. The van der Waals surface area contributed by atoms with Crippen LogP contribution in [0.4, 0.5) is 0 Å². The van der Waals surface area contributed by atoms with Crippen molar-refractivity contribution in [3.63, 3.8) is 0 Å². The van der Waals surface area contributed by atoms with Gasteiger partial charge in [-0.15, -0.1) is 0 Å². The molecule has 0 saturated heterocycles. The molecule has 0 aromatic heterocycles. The van der Waals surface area contributed by atoms with Gasteiger partial charge in [0.15, 0.2) is 5.96 Å². The summed E-state index contributed by atoms with van der Waals surface area (Å²) in [5.74, 6) is 0.799. The van der Waals surface area contributed by atoms with Crippen molar-refractivity contribution in [1.29, 1.82) is 0 Å². The summed E-state index contributed by atoms with van der Waals surface area (Å²) >= 11 is 0. The normalized spacial score (nSPS) is 23.6. The summed E-state index contributed by atoms with van der Waals surface area (Å²) in [6.07, 6.45) is 3.38. The number of sulfonamides is 1. The SMILES string of the molecule is CCOC1CC(NC(=NC)NCCNS(=O)(=O)CC)C1(CC)CC. The maximum Gasteiger partial charge on any atom is 0.211 e. The first-order valence-corrected chi connectivity index (χ1v) is 10.6. The molecule has 0 amide bonds. The molecule has 0 heterocycles. The zero-order chi connectivity index (χ0) is 18.2. The first kappa shape index (κ1) is 21.2. The maximum atomic E-state index is 11.4. The highest BCUT2D eigenvalue weighted by Crippen LogP contribution is 2.48. The van der Waals surface area contributed by atoms with Gasteiger partial charge >= 0.3 is 0 Å². The largest absolute Gasteiger partial charge is 0.378 e. The topological polar surface area (TPSA) is 91.8 Å². The van der Waals surface area contributed by atoms with Crippen LogP contribution in [0.1, 0.15) is 47.0 Å². The van der Waals surface area contributed by atoms with E-state index in [-0.39, 0.29) is 11.2 Å². The highest BCUT2D eigenvalue weighted by atomic mass is 32.2. The molecule has 142 valence electrons. The van der Waals surface area contributed by atoms with Crippen molar-refractivity contribution in [2.24, 2.45) is 10.4 Å². The van der Waals surface area contributed by atoms with Gasteiger partial charge in [0.1, 0.15) is 0 Å². The number of nitrogens with one attached hydrogen (secondary N) is 3. The molecule has 0 bridgehead atoms. The quantitative estimate of drug-likeness (QED) is 0.307. The second-order valence-electron chi connectivity index (χ2n) is 6.11. The van der Waals surface area contributed by atoms with E-state index in [0.29, 0.717) is 31.2 Å². The molecule has 1 fully saturated rings. The summed E-state index contributed by atoms with van der Waals surface area (Å²) in [6, 6.07) is 0.322. The van der Waals surface area contributed by atoms with Gasteiger partial charge in [0, 0.05) is 38.2 Å². The van der Waals surface area contributed by atoms with Crippen LogP contribution in [-0.2, 0) is 14.8 Å². The van der Waals surface area contributed by atoms with E-state index in [9.17, 15) is 8.42 Å². The van der Waals surface area contributed by atoms with Gasteiger partial charge in [-0.1, -0.05) is 13.8 Å². The lowest BCUT2D eigenvalue weighted by atomic mass is 9.58. The lowest BCUT2D eigenvalue weighted by Gasteiger charge is -2.55. The minimum Gasteiger partial charge on any atom is -0.378 e. The Morgan fingerprint density at radius 3 is 2.38 bits per heavy atom. The van der Waals surface area contributed by atoms with Crippen LogP contribution in [0.15, 0.2) is 4.99 Å². The summed E-state index contributed by atoms with van der Waals surface area (Å²) in [5.41, 5.74) is 0.136. The summed E-state index contributed by atoms with van der Waals surface area (Å²) in [7, 11) is -1.42. The fourth-order valence-corrected chi connectivity index (χ4v) is 4.05. The summed E-state index contributed by atoms with van der Waals surface area (Å²) < 4.78 is 31.2. The third-order valence-corrected chi connectivity index (χ3v) is 6.53.